The smallest absolute Gasteiger partial charge is 0.233 e. The SMILES string of the molecule is CC1/C=C\C=C/CC(=O)NC1=O. The Bertz CT molecular complexity index is 253. The van der Waals surface area contributed by atoms with E-state index in [1.165, 1.54) is 0 Å². The van der Waals surface area contributed by atoms with Crippen molar-refractivity contribution in [2.75, 3.05) is 0 Å². The van der Waals surface area contributed by atoms with Gasteiger partial charge in [0.15, 0.2) is 0 Å². The monoisotopic (exact) mass is 165 g/mol. The van der Waals surface area contributed by atoms with Crippen LogP contribution in [0.25, 0.3) is 0 Å². The normalized spacial score (nSPS) is 29.6. The van der Waals surface area contributed by atoms with Crippen LogP contribution in [0.4, 0.5) is 0 Å². The van der Waals surface area contributed by atoms with Crippen LogP contribution in [0.1, 0.15) is 13.3 Å². The molecule has 0 radical (unpaired) electrons. The van der Waals surface area contributed by atoms with Crippen molar-refractivity contribution in [2.24, 2.45) is 5.92 Å². The van der Waals surface area contributed by atoms with E-state index in [1.807, 2.05) is 0 Å². The Balaban J connectivity index is 2.73. The van der Waals surface area contributed by atoms with Gasteiger partial charge in [-0.1, -0.05) is 31.2 Å². The summed E-state index contributed by atoms with van der Waals surface area (Å²) in [7, 11) is 0. The number of hydrogen-bond acceptors (Lipinski definition) is 2. The molecular formula is C9H11NO2. The summed E-state index contributed by atoms with van der Waals surface area (Å²) in [5.74, 6) is -0.719. The Morgan fingerprint density at radius 3 is 2.92 bits per heavy atom. The highest BCUT2D eigenvalue weighted by Crippen LogP contribution is 2.00. The lowest BCUT2D eigenvalue weighted by molar-refractivity contribution is -0.131. The number of nitrogens with one attached hydrogen (secondary N) is 1. The predicted molar refractivity (Wildman–Crippen MR) is 45.2 cm³/mol. The van der Waals surface area contributed by atoms with Crippen molar-refractivity contribution in [1.29, 1.82) is 0 Å². The molecule has 1 atom stereocenters. The lowest BCUT2D eigenvalue weighted by atomic mass is 10.1. The Morgan fingerprint density at radius 2 is 2.17 bits per heavy atom. The standard InChI is InChI=1S/C9H11NO2/c1-7-5-3-2-4-6-8(11)10-9(7)12/h2-5,7H,6H2,1H3,(H,10,11,12)/b4-2-,5-3-. The Kier molecular flexibility index (Phi) is 2.80. The summed E-state index contributed by atoms with van der Waals surface area (Å²) in [4.78, 5) is 22.1. The molecule has 0 bridgehead atoms. The van der Waals surface area contributed by atoms with Crippen molar-refractivity contribution in [1.82, 2.24) is 5.32 Å². The van der Waals surface area contributed by atoms with Crippen molar-refractivity contribution in [3.8, 4) is 0 Å². The molecule has 0 spiro atoms. The fourth-order valence-corrected chi connectivity index (χ4v) is 0.874. The van der Waals surface area contributed by atoms with Gasteiger partial charge in [0.1, 0.15) is 0 Å². The molecule has 1 N–H and O–H groups in total. The van der Waals surface area contributed by atoms with E-state index in [4.69, 9.17) is 0 Å². The third-order valence-corrected chi connectivity index (χ3v) is 1.63. The molecule has 0 aromatic carbocycles. The van der Waals surface area contributed by atoms with Crippen LogP contribution in [-0.2, 0) is 9.59 Å². The molecule has 1 heterocycles. The maximum Gasteiger partial charge on any atom is 0.233 e. The van der Waals surface area contributed by atoms with Gasteiger partial charge in [-0.25, -0.2) is 0 Å². The third kappa shape index (κ3) is 2.34. The predicted octanol–water partition coefficient (Wildman–Crippen LogP) is 0.781. The van der Waals surface area contributed by atoms with Gasteiger partial charge < -0.3 is 0 Å². The molecule has 2 amide bonds. The number of imide groups is 1. The van der Waals surface area contributed by atoms with Crippen molar-refractivity contribution < 1.29 is 9.59 Å². The molecule has 0 saturated carbocycles. The zero-order chi connectivity index (χ0) is 8.97. The lowest BCUT2D eigenvalue weighted by Crippen LogP contribution is -2.33. The van der Waals surface area contributed by atoms with E-state index < -0.39 is 0 Å². The van der Waals surface area contributed by atoms with E-state index in [-0.39, 0.29) is 24.2 Å². The maximum atomic E-state index is 11.1. The quantitative estimate of drug-likeness (QED) is 0.539. The molecule has 64 valence electrons. The van der Waals surface area contributed by atoms with Crippen LogP contribution in [0.2, 0.25) is 0 Å². The lowest BCUT2D eigenvalue weighted by Gasteiger charge is -2.04. The third-order valence-electron chi connectivity index (χ3n) is 1.63. The number of hydrogen-bond donors (Lipinski definition) is 1. The number of carbonyl (C=O) groups is 2. The second-order valence-corrected chi connectivity index (χ2v) is 2.72. The molecule has 3 nitrogen and oxygen atoms in total. The van der Waals surface area contributed by atoms with E-state index in [9.17, 15) is 9.59 Å². The summed E-state index contributed by atoms with van der Waals surface area (Å²) in [6, 6.07) is 0. The molecule has 0 saturated heterocycles. The highest BCUT2D eigenvalue weighted by molar-refractivity contribution is 5.97. The summed E-state index contributed by atoms with van der Waals surface area (Å²) >= 11 is 0. The number of carbonyl (C=O) groups excluding carboxylic acids is 2. The number of allylic oxidation sites excluding steroid dienone is 2. The van der Waals surface area contributed by atoms with Gasteiger partial charge in [0.2, 0.25) is 11.8 Å². The van der Waals surface area contributed by atoms with E-state index in [0.29, 0.717) is 0 Å². The highest BCUT2D eigenvalue weighted by atomic mass is 16.2. The maximum absolute atomic E-state index is 11.1. The van der Waals surface area contributed by atoms with Crippen LogP contribution in [0, 0.1) is 5.92 Å². The summed E-state index contributed by atoms with van der Waals surface area (Å²) in [6.45, 7) is 1.75. The van der Waals surface area contributed by atoms with Gasteiger partial charge in [-0.15, -0.1) is 0 Å². The molecule has 1 unspecified atom stereocenters. The summed E-state index contributed by atoms with van der Waals surface area (Å²) < 4.78 is 0. The van der Waals surface area contributed by atoms with Crippen molar-refractivity contribution >= 4 is 11.8 Å². The van der Waals surface area contributed by atoms with E-state index in [1.54, 1.807) is 31.2 Å². The molecule has 0 aromatic heterocycles. The summed E-state index contributed by atoms with van der Waals surface area (Å²) in [5.41, 5.74) is 0. The van der Waals surface area contributed by atoms with E-state index in [0.717, 1.165) is 0 Å². The molecule has 0 aromatic rings. The average Bonchev–Trinajstić information content (AvgIpc) is 2.07. The van der Waals surface area contributed by atoms with Crippen LogP contribution in [0.15, 0.2) is 24.3 Å². The van der Waals surface area contributed by atoms with Gasteiger partial charge in [0, 0.05) is 6.42 Å². The first-order valence-corrected chi connectivity index (χ1v) is 3.87. The molecule has 1 rings (SSSR count). The summed E-state index contributed by atoms with van der Waals surface area (Å²) in [5, 5.41) is 2.29. The minimum Gasteiger partial charge on any atom is -0.296 e. The van der Waals surface area contributed by atoms with Gasteiger partial charge in [-0.05, 0) is 0 Å². The topological polar surface area (TPSA) is 46.2 Å². The molecule has 12 heavy (non-hydrogen) atoms. The fraction of sp³-hybridized carbons (Fsp3) is 0.333. The summed E-state index contributed by atoms with van der Waals surface area (Å²) in [6.07, 6.45) is 7.29. The van der Waals surface area contributed by atoms with E-state index >= 15 is 0 Å². The van der Waals surface area contributed by atoms with Gasteiger partial charge in [-0.2, -0.15) is 0 Å². The van der Waals surface area contributed by atoms with Gasteiger partial charge in [0.25, 0.3) is 0 Å². The Hall–Kier alpha value is -1.38. The van der Waals surface area contributed by atoms with Crippen LogP contribution < -0.4 is 5.32 Å². The van der Waals surface area contributed by atoms with E-state index in [2.05, 4.69) is 5.32 Å². The van der Waals surface area contributed by atoms with Crippen molar-refractivity contribution in [2.45, 2.75) is 13.3 Å². The van der Waals surface area contributed by atoms with Gasteiger partial charge in [-0.3, -0.25) is 14.9 Å². The number of amides is 2. The largest absolute Gasteiger partial charge is 0.296 e. The van der Waals surface area contributed by atoms with Crippen molar-refractivity contribution in [3.63, 3.8) is 0 Å². The Labute approximate surface area is 71.1 Å². The zero-order valence-corrected chi connectivity index (χ0v) is 6.91. The molecule has 1 aliphatic heterocycles. The number of rotatable bonds is 0. The van der Waals surface area contributed by atoms with Crippen LogP contribution >= 0.6 is 0 Å². The van der Waals surface area contributed by atoms with Gasteiger partial charge >= 0.3 is 0 Å². The first-order chi connectivity index (χ1) is 5.70. The van der Waals surface area contributed by atoms with Crippen LogP contribution in [-0.4, -0.2) is 11.8 Å². The second-order valence-electron chi connectivity index (χ2n) is 2.72. The van der Waals surface area contributed by atoms with Crippen LogP contribution in [0.3, 0.4) is 0 Å². The minimum absolute atomic E-state index is 0.236. The highest BCUT2D eigenvalue weighted by Gasteiger charge is 2.12. The first-order valence-electron chi connectivity index (χ1n) is 3.87. The fourth-order valence-electron chi connectivity index (χ4n) is 0.874. The minimum atomic E-state index is -0.244. The zero-order valence-electron chi connectivity index (χ0n) is 6.91. The molecular weight excluding hydrogens is 154 g/mol. The first kappa shape index (κ1) is 8.71. The average molecular weight is 165 g/mol. The molecule has 1 aliphatic rings. The molecule has 0 aliphatic carbocycles. The van der Waals surface area contributed by atoms with Gasteiger partial charge in [0.05, 0.1) is 5.92 Å². The Morgan fingerprint density at radius 1 is 1.42 bits per heavy atom. The van der Waals surface area contributed by atoms with Crippen LogP contribution in [0.5, 0.6) is 0 Å². The van der Waals surface area contributed by atoms with Crippen molar-refractivity contribution in [3.05, 3.63) is 24.3 Å². The second kappa shape index (κ2) is 3.85. The molecule has 0 fully saturated rings. The molecule has 3 heteroatoms.